The number of ether oxygens (including phenoxy) is 2. The smallest absolute Gasteiger partial charge is 0.134 e. The molecule has 0 radical (unpaired) electrons. The van der Waals surface area contributed by atoms with Gasteiger partial charge in [0.25, 0.3) is 0 Å². The molecule has 0 saturated heterocycles. The molecular weight excluding hydrogens is 444 g/mol. The van der Waals surface area contributed by atoms with Crippen LogP contribution >= 0.6 is 0 Å². The molecule has 1 aliphatic rings. The molecule has 178 valence electrons. The van der Waals surface area contributed by atoms with E-state index in [0.717, 1.165) is 35.0 Å². The summed E-state index contributed by atoms with van der Waals surface area (Å²) in [6, 6.07) is 40.2. The number of methoxy groups -OCH3 is 2. The molecule has 1 unspecified atom stereocenters. The van der Waals surface area contributed by atoms with Crippen molar-refractivity contribution in [2.75, 3.05) is 14.2 Å². The predicted molar refractivity (Wildman–Crippen MR) is 143 cm³/mol. The Morgan fingerprint density at radius 2 is 1.19 bits per heavy atom. The number of hydrogen-bond donors (Lipinski definition) is 0. The Kier molecular flexibility index (Phi) is 5.61. The average Bonchev–Trinajstić information content (AvgIpc) is 3.53. The lowest BCUT2D eigenvalue weighted by Crippen LogP contribution is -2.26. The van der Waals surface area contributed by atoms with Gasteiger partial charge < -0.3 is 13.9 Å². The molecule has 0 bridgehead atoms. The third kappa shape index (κ3) is 3.59. The van der Waals surface area contributed by atoms with Crippen LogP contribution in [0.15, 0.2) is 120 Å². The van der Waals surface area contributed by atoms with Crippen LogP contribution in [0, 0.1) is 0 Å². The molecule has 1 heterocycles. The van der Waals surface area contributed by atoms with Crippen molar-refractivity contribution < 1.29 is 13.9 Å². The van der Waals surface area contributed by atoms with Gasteiger partial charge in [-0.05, 0) is 53.4 Å². The maximum atomic E-state index is 6.84. The summed E-state index contributed by atoms with van der Waals surface area (Å²) in [5.41, 5.74) is 5.53. The first-order valence-electron chi connectivity index (χ1n) is 12.3. The van der Waals surface area contributed by atoms with Crippen molar-refractivity contribution in [3.8, 4) is 22.8 Å². The lowest BCUT2D eigenvalue weighted by atomic mass is 9.71. The summed E-state index contributed by atoms with van der Waals surface area (Å²) in [6.07, 6.45) is 0.874. The van der Waals surface area contributed by atoms with Crippen molar-refractivity contribution in [1.82, 2.24) is 0 Å². The van der Waals surface area contributed by atoms with Crippen LogP contribution in [-0.4, -0.2) is 14.2 Å². The van der Waals surface area contributed by atoms with Crippen LogP contribution in [0.5, 0.6) is 11.5 Å². The molecule has 0 N–H and O–H groups in total. The Hall–Kier alpha value is -4.24. The van der Waals surface area contributed by atoms with E-state index in [4.69, 9.17) is 13.9 Å². The molecule has 3 heteroatoms. The molecule has 0 saturated carbocycles. The van der Waals surface area contributed by atoms with Gasteiger partial charge in [0, 0.05) is 17.0 Å². The molecule has 0 amide bonds. The number of fused-ring (bicyclic) bond motifs is 1. The van der Waals surface area contributed by atoms with E-state index < -0.39 is 5.41 Å². The van der Waals surface area contributed by atoms with E-state index in [1.807, 2.05) is 30.3 Å². The van der Waals surface area contributed by atoms with Crippen LogP contribution in [0.1, 0.15) is 40.4 Å². The normalized spacial score (nSPS) is 15.9. The van der Waals surface area contributed by atoms with Gasteiger partial charge in [-0.1, -0.05) is 84.9 Å². The highest BCUT2D eigenvalue weighted by molar-refractivity contribution is 5.65. The molecule has 1 aromatic heterocycles. The molecule has 6 rings (SSSR count). The van der Waals surface area contributed by atoms with Crippen LogP contribution in [0.25, 0.3) is 11.3 Å². The summed E-state index contributed by atoms with van der Waals surface area (Å²) in [5.74, 6) is 3.78. The summed E-state index contributed by atoms with van der Waals surface area (Å²) in [4.78, 5) is 0. The first kappa shape index (κ1) is 22.2. The lowest BCUT2D eigenvalue weighted by molar-refractivity contribution is 0.411. The second kappa shape index (κ2) is 9.09. The van der Waals surface area contributed by atoms with Crippen LogP contribution < -0.4 is 9.47 Å². The van der Waals surface area contributed by atoms with E-state index >= 15 is 0 Å². The molecule has 1 aliphatic carbocycles. The highest BCUT2D eigenvalue weighted by Gasteiger charge is 2.50. The van der Waals surface area contributed by atoms with Crippen molar-refractivity contribution in [2.24, 2.45) is 0 Å². The summed E-state index contributed by atoms with van der Waals surface area (Å²) in [5, 5.41) is 0. The van der Waals surface area contributed by atoms with Crippen molar-refractivity contribution in [1.29, 1.82) is 0 Å². The molecule has 4 aromatic carbocycles. The first-order valence-corrected chi connectivity index (χ1v) is 12.3. The Morgan fingerprint density at radius 1 is 0.667 bits per heavy atom. The minimum absolute atomic E-state index is 0.201. The maximum Gasteiger partial charge on any atom is 0.134 e. The molecule has 0 fully saturated rings. The fourth-order valence-corrected chi connectivity index (χ4v) is 5.65. The Labute approximate surface area is 212 Å². The van der Waals surface area contributed by atoms with E-state index in [1.54, 1.807) is 14.2 Å². The quantitative estimate of drug-likeness (QED) is 0.252. The van der Waals surface area contributed by atoms with Crippen LogP contribution in [0.4, 0.5) is 0 Å². The van der Waals surface area contributed by atoms with Gasteiger partial charge >= 0.3 is 0 Å². The Balaban J connectivity index is 1.62. The minimum atomic E-state index is -0.457. The van der Waals surface area contributed by atoms with Gasteiger partial charge in [-0.15, -0.1) is 0 Å². The van der Waals surface area contributed by atoms with Gasteiger partial charge in [-0.3, -0.25) is 0 Å². The average molecular weight is 473 g/mol. The molecule has 5 aromatic rings. The Bertz CT molecular complexity index is 1400. The van der Waals surface area contributed by atoms with Crippen molar-refractivity contribution >= 4 is 0 Å². The summed E-state index contributed by atoms with van der Waals surface area (Å²) < 4.78 is 17.8. The highest BCUT2D eigenvalue weighted by Crippen LogP contribution is 2.57. The van der Waals surface area contributed by atoms with Crippen molar-refractivity contribution in [2.45, 2.75) is 17.8 Å². The number of benzene rings is 4. The molecule has 0 aliphatic heterocycles. The topological polar surface area (TPSA) is 31.6 Å². The third-order valence-corrected chi connectivity index (χ3v) is 7.46. The number of hydrogen-bond acceptors (Lipinski definition) is 3. The fourth-order valence-electron chi connectivity index (χ4n) is 5.65. The van der Waals surface area contributed by atoms with Gasteiger partial charge in [0.1, 0.15) is 23.0 Å². The SMILES string of the molecule is COc1ccc(C2(c3ccc(OC)cc3)CC(c3ccccc3)c3cc(-c4ccccc4)oc32)cc1. The third-order valence-electron chi connectivity index (χ3n) is 7.46. The molecule has 0 spiro atoms. The lowest BCUT2D eigenvalue weighted by Gasteiger charge is -2.31. The predicted octanol–water partition coefficient (Wildman–Crippen LogP) is 7.83. The molecule has 1 atom stereocenters. The number of rotatable bonds is 6. The van der Waals surface area contributed by atoms with Crippen LogP contribution in [-0.2, 0) is 5.41 Å². The second-order valence-corrected chi connectivity index (χ2v) is 9.29. The monoisotopic (exact) mass is 472 g/mol. The van der Waals surface area contributed by atoms with Crippen molar-refractivity contribution in [3.63, 3.8) is 0 Å². The van der Waals surface area contributed by atoms with E-state index in [-0.39, 0.29) is 5.92 Å². The van der Waals surface area contributed by atoms with Gasteiger partial charge in [0.15, 0.2) is 0 Å². The minimum Gasteiger partial charge on any atom is -0.497 e. The fraction of sp³-hybridized carbons (Fsp3) is 0.152. The van der Waals surface area contributed by atoms with Gasteiger partial charge in [-0.25, -0.2) is 0 Å². The van der Waals surface area contributed by atoms with E-state index in [0.29, 0.717) is 0 Å². The van der Waals surface area contributed by atoms with Gasteiger partial charge in [-0.2, -0.15) is 0 Å². The largest absolute Gasteiger partial charge is 0.497 e. The van der Waals surface area contributed by atoms with E-state index in [9.17, 15) is 0 Å². The molecular formula is C33H28O3. The first-order chi connectivity index (χ1) is 17.7. The zero-order valence-electron chi connectivity index (χ0n) is 20.5. The Morgan fingerprint density at radius 3 is 1.72 bits per heavy atom. The summed E-state index contributed by atoms with van der Waals surface area (Å²) >= 11 is 0. The van der Waals surface area contributed by atoms with Crippen LogP contribution in [0.2, 0.25) is 0 Å². The second-order valence-electron chi connectivity index (χ2n) is 9.29. The molecule has 3 nitrogen and oxygen atoms in total. The van der Waals surface area contributed by atoms with Crippen LogP contribution in [0.3, 0.4) is 0 Å². The zero-order chi connectivity index (χ0) is 24.5. The van der Waals surface area contributed by atoms with E-state index in [2.05, 4.69) is 84.9 Å². The van der Waals surface area contributed by atoms with E-state index in [1.165, 1.54) is 22.3 Å². The maximum absolute atomic E-state index is 6.84. The molecule has 36 heavy (non-hydrogen) atoms. The summed E-state index contributed by atoms with van der Waals surface area (Å²) in [6.45, 7) is 0. The van der Waals surface area contributed by atoms with Gasteiger partial charge in [0.2, 0.25) is 0 Å². The summed E-state index contributed by atoms with van der Waals surface area (Å²) in [7, 11) is 3.40. The van der Waals surface area contributed by atoms with Gasteiger partial charge in [0.05, 0.1) is 19.6 Å². The highest BCUT2D eigenvalue weighted by atomic mass is 16.5. The van der Waals surface area contributed by atoms with Crippen molar-refractivity contribution in [3.05, 3.63) is 143 Å². The number of furan rings is 1. The zero-order valence-corrected chi connectivity index (χ0v) is 20.5. The standard InChI is InChI=1S/C33H28O3/c1-34-27-17-13-25(14-18-27)33(26-15-19-28(35-2)20-16-26)22-30(23-9-5-3-6-10-23)29-21-31(36-32(29)33)24-11-7-4-8-12-24/h3-21,30H,22H2,1-2H3.